The molecule has 0 atom stereocenters. The number of hydrogen-bond donors (Lipinski definition) is 2. The molecule has 5 nitrogen and oxygen atoms in total. The zero-order chi connectivity index (χ0) is 14.3. The predicted molar refractivity (Wildman–Crippen MR) is 72.5 cm³/mol. The molecule has 0 spiro atoms. The van der Waals surface area contributed by atoms with Crippen LogP contribution in [0.2, 0.25) is 0 Å². The van der Waals surface area contributed by atoms with Crippen molar-refractivity contribution in [2.24, 2.45) is 0 Å². The molecule has 5 heteroatoms. The number of carbonyl (C=O) groups excluding carboxylic acids is 1. The second-order valence-corrected chi connectivity index (χ2v) is 4.82. The van der Waals surface area contributed by atoms with Crippen LogP contribution in [0.15, 0.2) is 18.2 Å². The Hall–Kier alpha value is -1.90. The first kappa shape index (κ1) is 15.2. The molecular formula is C14H18N2O3. The molecule has 1 aromatic rings. The van der Waals surface area contributed by atoms with Gasteiger partial charge in [-0.3, -0.25) is 4.79 Å². The number of nitrogens with one attached hydrogen (secondary N) is 1. The molecule has 0 aliphatic rings. The Balaban J connectivity index is 2.59. The van der Waals surface area contributed by atoms with Crippen LogP contribution in [0.5, 0.6) is 0 Å². The van der Waals surface area contributed by atoms with Gasteiger partial charge in [0.25, 0.3) is 5.91 Å². The van der Waals surface area contributed by atoms with Gasteiger partial charge in [0.15, 0.2) is 0 Å². The molecule has 1 rings (SSSR count). The number of carbonyl (C=O) groups is 1. The largest absolute Gasteiger partial charge is 0.384 e. The quantitative estimate of drug-likeness (QED) is 0.802. The molecule has 0 bridgehead atoms. The maximum Gasteiger partial charge on any atom is 0.251 e. The highest BCUT2D eigenvalue weighted by Crippen LogP contribution is 2.07. The Morgan fingerprint density at radius 1 is 1.47 bits per heavy atom. The minimum Gasteiger partial charge on any atom is -0.384 e. The van der Waals surface area contributed by atoms with Gasteiger partial charge in [0.2, 0.25) is 0 Å². The normalized spacial score (nSPS) is 10.5. The molecule has 1 amide bonds. The van der Waals surface area contributed by atoms with E-state index in [4.69, 9.17) is 9.84 Å². The van der Waals surface area contributed by atoms with Crippen molar-refractivity contribution in [1.82, 2.24) is 4.98 Å². The molecule has 0 aliphatic heterocycles. The smallest absolute Gasteiger partial charge is 0.251 e. The third-order valence-corrected chi connectivity index (χ3v) is 1.95. The summed E-state index contributed by atoms with van der Waals surface area (Å²) in [5.74, 6) is 5.31. The van der Waals surface area contributed by atoms with Gasteiger partial charge in [-0.2, -0.15) is 0 Å². The van der Waals surface area contributed by atoms with E-state index in [9.17, 15) is 4.79 Å². The molecule has 0 aromatic carbocycles. The van der Waals surface area contributed by atoms with Crippen LogP contribution >= 0.6 is 0 Å². The Bertz CT molecular complexity index is 495. The van der Waals surface area contributed by atoms with Gasteiger partial charge in [-0.15, -0.1) is 0 Å². The number of rotatable bonds is 3. The van der Waals surface area contributed by atoms with Crippen molar-refractivity contribution in [3.8, 4) is 11.8 Å². The van der Waals surface area contributed by atoms with Gasteiger partial charge in [-0.1, -0.05) is 12.0 Å². The summed E-state index contributed by atoms with van der Waals surface area (Å²) < 4.78 is 5.36. The van der Waals surface area contributed by atoms with Crippen LogP contribution < -0.4 is 5.32 Å². The summed E-state index contributed by atoms with van der Waals surface area (Å²) in [6.45, 7) is 5.38. The average Bonchev–Trinajstić information content (AvgIpc) is 2.33. The number of aliphatic hydroxyl groups excluding tert-OH is 1. The lowest BCUT2D eigenvalue weighted by atomic mass is 10.2. The standard InChI is InChI=1S/C14H18N2O3/c1-14(2,3)19-10-13(18)16-12-8-4-6-11(15-12)7-5-9-17/h4,6,8,17H,9-10H2,1-3H3,(H,15,16,18). The monoisotopic (exact) mass is 262 g/mol. The van der Waals surface area contributed by atoms with E-state index in [-0.39, 0.29) is 24.7 Å². The fourth-order valence-corrected chi connectivity index (χ4v) is 1.17. The molecule has 1 aromatic heterocycles. The van der Waals surface area contributed by atoms with Crippen LogP contribution in [0.3, 0.4) is 0 Å². The van der Waals surface area contributed by atoms with Crippen molar-refractivity contribution >= 4 is 11.7 Å². The van der Waals surface area contributed by atoms with Gasteiger partial charge >= 0.3 is 0 Å². The first-order valence-corrected chi connectivity index (χ1v) is 5.91. The summed E-state index contributed by atoms with van der Waals surface area (Å²) in [7, 11) is 0. The molecule has 0 saturated heterocycles. The SMILES string of the molecule is CC(C)(C)OCC(=O)Nc1cccc(C#CCO)n1. The lowest BCUT2D eigenvalue weighted by Gasteiger charge is -2.18. The van der Waals surface area contributed by atoms with E-state index in [0.717, 1.165) is 0 Å². The topological polar surface area (TPSA) is 71.5 Å². The van der Waals surface area contributed by atoms with Crippen molar-refractivity contribution < 1.29 is 14.6 Å². The summed E-state index contributed by atoms with van der Waals surface area (Å²) in [4.78, 5) is 15.8. The van der Waals surface area contributed by atoms with E-state index in [1.165, 1.54) is 0 Å². The fraction of sp³-hybridized carbons (Fsp3) is 0.429. The molecule has 102 valence electrons. The number of aromatic nitrogens is 1. The third-order valence-electron chi connectivity index (χ3n) is 1.95. The highest BCUT2D eigenvalue weighted by Gasteiger charge is 2.13. The van der Waals surface area contributed by atoms with Gasteiger partial charge in [0.05, 0.1) is 5.60 Å². The molecule has 0 unspecified atom stereocenters. The Kier molecular flexibility index (Phi) is 5.49. The minimum absolute atomic E-state index is 0.0300. The van der Waals surface area contributed by atoms with Crippen LogP contribution in [0.4, 0.5) is 5.82 Å². The maximum atomic E-state index is 11.6. The van der Waals surface area contributed by atoms with E-state index in [2.05, 4.69) is 22.1 Å². The molecule has 0 aliphatic carbocycles. The van der Waals surface area contributed by atoms with E-state index >= 15 is 0 Å². The first-order valence-electron chi connectivity index (χ1n) is 5.91. The highest BCUT2D eigenvalue weighted by atomic mass is 16.5. The second-order valence-electron chi connectivity index (χ2n) is 4.82. The first-order chi connectivity index (χ1) is 8.90. The predicted octanol–water partition coefficient (Wildman–Crippen LogP) is 1.18. The molecule has 1 heterocycles. The summed E-state index contributed by atoms with van der Waals surface area (Å²) in [6.07, 6.45) is 0. The van der Waals surface area contributed by atoms with Crippen LogP contribution in [-0.2, 0) is 9.53 Å². The maximum absolute atomic E-state index is 11.6. The van der Waals surface area contributed by atoms with Crippen LogP contribution in [-0.4, -0.2) is 34.8 Å². The summed E-state index contributed by atoms with van der Waals surface area (Å²) in [5.41, 5.74) is 0.128. The van der Waals surface area contributed by atoms with Gasteiger partial charge in [-0.05, 0) is 38.8 Å². The Morgan fingerprint density at radius 3 is 2.84 bits per heavy atom. The Labute approximate surface area is 113 Å². The third kappa shape index (κ3) is 6.55. The number of amides is 1. The molecule has 0 fully saturated rings. The van der Waals surface area contributed by atoms with Gasteiger partial charge in [0.1, 0.15) is 24.7 Å². The van der Waals surface area contributed by atoms with E-state index < -0.39 is 0 Å². The van der Waals surface area contributed by atoms with E-state index in [0.29, 0.717) is 11.5 Å². The number of aliphatic hydroxyl groups is 1. The molecule has 0 radical (unpaired) electrons. The van der Waals surface area contributed by atoms with Gasteiger partial charge in [-0.25, -0.2) is 4.98 Å². The molecule has 0 saturated carbocycles. The van der Waals surface area contributed by atoms with Crippen LogP contribution in [0, 0.1) is 11.8 Å². The zero-order valence-electron chi connectivity index (χ0n) is 11.4. The Morgan fingerprint density at radius 2 is 2.21 bits per heavy atom. The van der Waals surface area contributed by atoms with Crippen molar-refractivity contribution in [1.29, 1.82) is 0 Å². The van der Waals surface area contributed by atoms with Gasteiger partial charge < -0.3 is 15.2 Å². The lowest BCUT2D eigenvalue weighted by Crippen LogP contribution is -2.27. The molecule has 2 N–H and O–H groups in total. The van der Waals surface area contributed by atoms with Crippen molar-refractivity contribution in [2.45, 2.75) is 26.4 Å². The summed E-state index contributed by atoms with van der Waals surface area (Å²) in [5, 5.41) is 11.2. The van der Waals surface area contributed by atoms with E-state index in [1.807, 2.05) is 20.8 Å². The number of nitrogens with zero attached hydrogens (tertiary/aromatic N) is 1. The molecule has 19 heavy (non-hydrogen) atoms. The van der Waals surface area contributed by atoms with Crippen molar-refractivity contribution in [3.05, 3.63) is 23.9 Å². The number of anilines is 1. The van der Waals surface area contributed by atoms with Crippen LogP contribution in [0.1, 0.15) is 26.5 Å². The van der Waals surface area contributed by atoms with E-state index in [1.54, 1.807) is 18.2 Å². The summed E-state index contributed by atoms with van der Waals surface area (Å²) >= 11 is 0. The lowest BCUT2D eigenvalue weighted by molar-refractivity contribution is -0.125. The summed E-state index contributed by atoms with van der Waals surface area (Å²) in [6, 6.07) is 5.09. The zero-order valence-corrected chi connectivity index (χ0v) is 11.4. The van der Waals surface area contributed by atoms with Gasteiger partial charge in [0, 0.05) is 0 Å². The minimum atomic E-state index is -0.362. The van der Waals surface area contributed by atoms with Crippen LogP contribution in [0.25, 0.3) is 0 Å². The number of pyridine rings is 1. The average molecular weight is 262 g/mol. The second kappa shape index (κ2) is 6.88. The fourth-order valence-electron chi connectivity index (χ4n) is 1.17. The van der Waals surface area contributed by atoms with Crippen molar-refractivity contribution in [3.63, 3.8) is 0 Å². The highest BCUT2D eigenvalue weighted by molar-refractivity contribution is 5.90. The number of hydrogen-bond acceptors (Lipinski definition) is 4. The number of ether oxygens (including phenoxy) is 1. The van der Waals surface area contributed by atoms with Crippen molar-refractivity contribution in [2.75, 3.05) is 18.5 Å². The molecular weight excluding hydrogens is 244 g/mol.